The summed E-state index contributed by atoms with van der Waals surface area (Å²) in [6.45, 7) is 0. The highest BCUT2D eigenvalue weighted by Gasteiger charge is 2.38. The lowest BCUT2D eigenvalue weighted by Gasteiger charge is -2.14. The molecule has 118 valence electrons. The molecule has 9 heteroatoms. The monoisotopic (exact) mass is 387 g/mol. The van der Waals surface area contributed by atoms with Crippen molar-refractivity contribution in [2.75, 3.05) is 5.32 Å². The van der Waals surface area contributed by atoms with Crippen LogP contribution in [0.3, 0.4) is 0 Å². The Hall–Kier alpha value is -0.950. The van der Waals surface area contributed by atoms with E-state index in [-0.39, 0.29) is 11.3 Å². The summed E-state index contributed by atoms with van der Waals surface area (Å²) in [4.78, 5) is 10.9. The van der Waals surface area contributed by atoms with E-state index in [1.165, 1.54) is 17.5 Å². The quantitative estimate of drug-likeness (QED) is 0.653. The third kappa shape index (κ3) is 3.87. The van der Waals surface area contributed by atoms with Gasteiger partial charge in [-0.25, -0.2) is 0 Å². The summed E-state index contributed by atoms with van der Waals surface area (Å²) >= 11 is 16.7. The first-order valence-corrected chi connectivity index (χ1v) is 7.74. The van der Waals surface area contributed by atoms with Crippen LogP contribution in [0.4, 0.5) is 18.9 Å². The molecule has 2 aromatic rings. The van der Waals surface area contributed by atoms with E-state index in [2.05, 4.69) is 5.32 Å². The first-order valence-electron chi connectivity index (χ1n) is 5.73. The zero-order valence-electron chi connectivity index (χ0n) is 10.5. The number of anilines is 1. The number of hydrogen-bond acceptors (Lipinski definition) is 2. The summed E-state index contributed by atoms with van der Waals surface area (Å²) in [7, 11) is 0. The van der Waals surface area contributed by atoms with Gasteiger partial charge in [0.25, 0.3) is 9.70 Å². The van der Waals surface area contributed by atoms with Crippen molar-refractivity contribution in [3.05, 3.63) is 40.6 Å². The molecular weight excluding hydrogens is 382 g/mol. The van der Waals surface area contributed by atoms with E-state index in [0.717, 1.165) is 0 Å². The van der Waals surface area contributed by atoms with E-state index >= 15 is 0 Å². The van der Waals surface area contributed by atoms with E-state index in [4.69, 9.17) is 34.8 Å². The first kappa shape index (κ1) is 17.4. The molecule has 0 fully saturated rings. The SMILES string of the molecule is O=C(Nc1csc(C(F)(F)F)c1-c1ccccc1)C(Cl)(Cl)Cl. The molecule has 0 atom stereocenters. The average Bonchev–Trinajstić information content (AvgIpc) is 2.82. The molecule has 0 saturated heterocycles. The lowest BCUT2D eigenvalue weighted by atomic mass is 10.0. The molecule has 1 aromatic heterocycles. The molecule has 0 radical (unpaired) electrons. The molecule has 0 saturated carbocycles. The van der Waals surface area contributed by atoms with Crippen LogP contribution in [0.5, 0.6) is 0 Å². The van der Waals surface area contributed by atoms with Crippen molar-refractivity contribution in [1.29, 1.82) is 0 Å². The van der Waals surface area contributed by atoms with Crippen molar-refractivity contribution in [3.8, 4) is 11.1 Å². The van der Waals surface area contributed by atoms with Gasteiger partial charge >= 0.3 is 6.18 Å². The molecule has 0 aliphatic rings. The van der Waals surface area contributed by atoms with Crippen LogP contribution in [-0.4, -0.2) is 9.70 Å². The van der Waals surface area contributed by atoms with Crippen LogP contribution >= 0.6 is 46.1 Å². The van der Waals surface area contributed by atoms with Gasteiger partial charge in [-0.3, -0.25) is 4.79 Å². The van der Waals surface area contributed by atoms with Gasteiger partial charge < -0.3 is 5.32 Å². The standard InChI is InChI=1S/C13H7Cl3F3NOS/c14-12(15,16)11(21)20-8-6-22-10(13(17,18)19)9(8)7-4-2-1-3-5-7/h1-6H,(H,20,21). The molecule has 1 amide bonds. The summed E-state index contributed by atoms with van der Waals surface area (Å²) in [5.74, 6) is -1.03. The Kier molecular flexibility index (Phi) is 4.96. The van der Waals surface area contributed by atoms with Gasteiger partial charge in [-0.2, -0.15) is 13.2 Å². The zero-order valence-corrected chi connectivity index (χ0v) is 13.6. The third-order valence-electron chi connectivity index (χ3n) is 2.62. The molecule has 0 aliphatic heterocycles. The summed E-state index contributed by atoms with van der Waals surface area (Å²) < 4.78 is 37.1. The lowest BCUT2D eigenvalue weighted by molar-refractivity contribution is -0.133. The molecular formula is C13H7Cl3F3NOS. The molecule has 2 rings (SSSR count). The summed E-state index contributed by atoms with van der Waals surface area (Å²) in [5, 5.41) is 3.38. The number of carbonyl (C=O) groups is 1. The summed E-state index contributed by atoms with van der Waals surface area (Å²) in [6.07, 6.45) is -4.56. The average molecular weight is 389 g/mol. The van der Waals surface area contributed by atoms with E-state index < -0.39 is 20.8 Å². The van der Waals surface area contributed by atoms with Crippen molar-refractivity contribution in [2.24, 2.45) is 0 Å². The van der Waals surface area contributed by atoms with Crippen LogP contribution in [0, 0.1) is 0 Å². The van der Waals surface area contributed by atoms with Crippen LogP contribution in [0.2, 0.25) is 0 Å². The Morgan fingerprint density at radius 3 is 2.18 bits per heavy atom. The second-order valence-electron chi connectivity index (χ2n) is 4.17. The molecule has 0 spiro atoms. The second-order valence-corrected chi connectivity index (χ2v) is 7.33. The number of halogens is 6. The minimum absolute atomic E-state index is 0.0557. The minimum Gasteiger partial charge on any atom is -0.321 e. The van der Waals surface area contributed by atoms with Gasteiger partial charge in [0.1, 0.15) is 4.88 Å². The summed E-state index contributed by atoms with van der Waals surface area (Å²) in [5.41, 5.74) is 0.0937. The van der Waals surface area contributed by atoms with Crippen LogP contribution in [0.15, 0.2) is 35.7 Å². The minimum atomic E-state index is -4.56. The van der Waals surface area contributed by atoms with Crippen molar-refractivity contribution in [1.82, 2.24) is 0 Å². The van der Waals surface area contributed by atoms with Gasteiger partial charge in [-0.05, 0) is 5.56 Å². The van der Waals surface area contributed by atoms with Crippen LogP contribution in [-0.2, 0) is 11.0 Å². The number of hydrogen-bond donors (Lipinski definition) is 1. The molecule has 22 heavy (non-hydrogen) atoms. The summed E-state index contributed by atoms with van der Waals surface area (Å²) in [6, 6.07) is 7.86. The lowest BCUT2D eigenvalue weighted by Crippen LogP contribution is -2.27. The van der Waals surface area contributed by atoms with Gasteiger partial charge in [-0.15, -0.1) is 11.3 Å². The van der Waals surface area contributed by atoms with Gasteiger partial charge in [0, 0.05) is 10.9 Å². The predicted molar refractivity (Wildman–Crippen MR) is 83.7 cm³/mol. The topological polar surface area (TPSA) is 29.1 Å². The van der Waals surface area contributed by atoms with Crippen LogP contribution < -0.4 is 5.32 Å². The fourth-order valence-corrected chi connectivity index (χ4v) is 2.78. The number of carbonyl (C=O) groups excluding carboxylic acids is 1. The fraction of sp³-hybridized carbons (Fsp3) is 0.154. The van der Waals surface area contributed by atoms with Gasteiger partial charge in [0.2, 0.25) is 0 Å². The Morgan fingerprint density at radius 1 is 1.09 bits per heavy atom. The maximum Gasteiger partial charge on any atom is 0.426 e. The van der Waals surface area contributed by atoms with Gasteiger partial charge in [-0.1, -0.05) is 65.1 Å². The number of alkyl halides is 6. The molecule has 0 aliphatic carbocycles. The number of amides is 1. The van der Waals surface area contributed by atoms with Crippen LogP contribution in [0.1, 0.15) is 4.88 Å². The van der Waals surface area contributed by atoms with Gasteiger partial charge in [0.05, 0.1) is 5.69 Å². The maximum absolute atomic E-state index is 13.1. The van der Waals surface area contributed by atoms with Crippen molar-refractivity contribution in [2.45, 2.75) is 9.97 Å². The maximum atomic E-state index is 13.1. The van der Waals surface area contributed by atoms with Crippen molar-refractivity contribution in [3.63, 3.8) is 0 Å². The smallest absolute Gasteiger partial charge is 0.321 e. The molecule has 0 unspecified atom stereocenters. The third-order valence-corrected chi connectivity index (χ3v) is 4.16. The first-order chi connectivity index (χ1) is 10.1. The van der Waals surface area contributed by atoms with Crippen molar-refractivity contribution < 1.29 is 18.0 Å². The Labute approximate surface area is 142 Å². The molecule has 1 heterocycles. The Morgan fingerprint density at radius 2 is 1.68 bits per heavy atom. The zero-order chi connectivity index (χ0) is 16.5. The fourth-order valence-electron chi connectivity index (χ4n) is 1.74. The molecule has 1 N–H and O–H groups in total. The van der Waals surface area contributed by atoms with E-state index in [1.54, 1.807) is 18.2 Å². The molecule has 1 aromatic carbocycles. The van der Waals surface area contributed by atoms with E-state index in [1.807, 2.05) is 0 Å². The van der Waals surface area contributed by atoms with E-state index in [0.29, 0.717) is 16.9 Å². The Bertz CT molecular complexity index is 680. The molecule has 2 nitrogen and oxygen atoms in total. The number of rotatable bonds is 2. The Balaban J connectivity index is 2.53. The van der Waals surface area contributed by atoms with Crippen LogP contribution in [0.25, 0.3) is 11.1 Å². The normalized spacial score (nSPS) is 12.3. The number of benzene rings is 1. The van der Waals surface area contributed by atoms with E-state index in [9.17, 15) is 18.0 Å². The highest BCUT2D eigenvalue weighted by Crippen LogP contribution is 2.46. The highest BCUT2D eigenvalue weighted by molar-refractivity contribution is 7.11. The highest BCUT2D eigenvalue weighted by atomic mass is 35.6. The molecule has 0 bridgehead atoms. The van der Waals surface area contributed by atoms with Gasteiger partial charge in [0.15, 0.2) is 0 Å². The van der Waals surface area contributed by atoms with Crippen molar-refractivity contribution >= 4 is 57.7 Å². The second kappa shape index (κ2) is 6.28. The number of nitrogens with one attached hydrogen (secondary N) is 1. The largest absolute Gasteiger partial charge is 0.426 e. The predicted octanol–water partition coefficient (Wildman–Crippen LogP) is 5.74. The number of thiophene rings is 1.